The predicted molar refractivity (Wildman–Crippen MR) is 102 cm³/mol. The van der Waals surface area contributed by atoms with Crippen molar-refractivity contribution in [2.24, 2.45) is 7.05 Å². The summed E-state index contributed by atoms with van der Waals surface area (Å²) in [5, 5.41) is 21.5. The fraction of sp³-hybridized carbons (Fsp3) is 0.316. The second kappa shape index (κ2) is 6.99. The number of hydrogen-bond acceptors (Lipinski definition) is 5. The standard InChI is InChI=1S/C19H20N4O2S/c1-22-18(15-10-13-6-2-3-7-14(13)11-16(15)24)20-21-19(22)26-12-17(25)23-8-4-5-9-23/h2-3,6-7,10-11,24H,4-5,8-9,12H2,1H3. The number of aromatic nitrogens is 3. The molecule has 1 aliphatic rings. The minimum Gasteiger partial charge on any atom is -0.507 e. The number of aromatic hydroxyl groups is 1. The molecule has 4 rings (SSSR count). The van der Waals surface area contributed by atoms with Crippen LogP contribution in [0.3, 0.4) is 0 Å². The molecule has 1 fully saturated rings. The van der Waals surface area contributed by atoms with E-state index in [4.69, 9.17) is 0 Å². The summed E-state index contributed by atoms with van der Waals surface area (Å²) in [5.41, 5.74) is 0.636. The Labute approximate surface area is 155 Å². The molecule has 0 radical (unpaired) electrons. The van der Waals surface area contributed by atoms with E-state index in [1.165, 1.54) is 11.8 Å². The van der Waals surface area contributed by atoms with E-state index in [1.807, 2.05) is 46.8 Å². The highest BCUT2D eigenvalue weighted by molar-refractivity contribution is 7.99. The van der Waals surface area contributed by atoms with Crippen LogP contribution in [0.4, 0.5) is 0 Å². The summed E-state index contributed by atoms with van der Waals surface area (Å²) in [5.74, 6) is 1.26. The van der Waals surface area contributed by atoms with Gasteiger partial charge in [-0.25, -0.2) is 0 Å². The molecule has 0 bridgehead atoms. The molecule has 1 aliphatic heterocycles. The van der Waals surface area contributed by atoms with Gasteiger partial charge in [0.15, 0.2) is 11.0 Å². The van der Waals surface area contributed by atoms with Gasteiger partial charge < -0.3 is 14.6 Å². The molecular formula is C19H20N4O2S. The summed E-state index contributed by atoms with van der Waals surface area (Å²) < 4.78 is 1.83. The maximum absolute atomic E-state index is 12.2. The highest BCUT2D eigenvalue weighted by atomic mass is 32.2. The summed E-state index contributed by atoms with van der Waals surface area (Å²) >= 11 is 1.38. The number of benzene rings is 2. The molecule has 1 amide bonds. The van der Waals surface area contributed by atoms with Crippen LogP contribution < -0.4 is 0 Å². The van der Waals surface area contributed by atoms with E-state index in [-0.39, 0.29) is 11.7 Å². The van der Waals surface area contributed by atoms with Gasteiger partial charge in [0.2, 0.25) is 5.91 Å². The van der Waals surface area contributed by atoms with Gasteiger partial charge in [0, 0.05) is 20.1 Å². The van der Waals surface area contributed by atoms with Gasteiger partial charge in [0.1, 0.15) is 5.75 Å². The van der Waals surface area contributed by atoms with Gasteiger partial charge in [0.25, 0.3) is 0 Å². The highest BCUT2D eigenvalue weighted by Gasteiger charge is 2.20. The second-order valence-electron chi connectivity index (χ2n) is 6.46. The average molecular weight is 368 g/mol. The van der Waals surface area contributed by atoms with Crippen LogP contribution in [0.5, 0.6) is 5.75 Å². The number of fused-ring (bicyclic) bond motifs is 1. The number of hydrogen-bond donors (Lipinski definition) is 1. The lowest BCUT2D eigenvalue weighted by Gasteiger charge is -2.14. The van der Waals surface area contributed by atoms with Gasteiger partial charge in [-0.1, -0.05) is 36.0 Å². The normalized spacial score (nSPS) is 14.3. The van der Waals surface area contributed by atoms with E-state index in [9.17, 15) is 9.90 Å². The monoisotopic (exact) mass is 368 g/mol. The third kappa shape index (κ3) is 3.14. The number of likely N-dealkylation sites (tertiary alicyclic amines) is 1. The van der Waals surface area contributed by atoms with Crippen molar-refractivity contribution in [2.45, 2.75) is 18.0 Å². The number of thioether (sulfide) groups is 1. The van der Waals surface area contributed by atoms with Crippen molar-refractivity contribution in [3.05, 3.63) is 36.4 Å². The quantitative estimate of drug-likeness (QED) is 0.717. The predicted octanol–water partition coefficient (Wildman–Crippen LogP) is 3.06. The highest BCUT2D eigenvalue weighted by Crippen LogP contribution is 2.33. The minimum absolute atomic E-state index is 0.144. The lowest BCUT2D eigenvalue weighted by atomic mass is 10.1. The van der Waals surface area contributed by atoms with Crippen LogP contribution in [-0.2, 0) is 11.8 Å². The molecule has 1 saturated heterocycles. The van der Waals surface area contributed by atoms with E-state index >= 15 is 0 Å². The Morgan fingerprint density at radius 2 is 1.85 bits per heavy atom. The molecular weight excluding hydrogens is 348 g/mol. The molecule has 0 saturated carbocycles. The van der Waals surface area contributed by atoms with Crippen molar-refractivity contribution in [3.8, 4) is 17.1 Å². The second-order valence-corrected chi connectivity index (χ2v) is 7.40. The number of carbonyl (C=O) groups excluding carboxylic acids is 1. The van der Waals surface area contributed by atoms with Crippen molar-refractivity contribution in [2.75, 3.05) is 18.8 Å². The Balaban J connectivity index is 1.57. The summed E-state index contributed by atoms with van der Waals surface area (Å²) in [6.07, 6.45) is 2.18. The maximum atomic E-state index is 12.2. The first-order chi connectivity index (χ1) is 12.6. The fourth-order valence-corrected chi connectivity index (χ4v) is 4.08. The molecule has 26 heavy (non-hydrogen) atoms. The molecule has 134 valence electrons. The smallest absolute Gasteiger partial charge is 0.233 e. The Bertz CT molecular complexity index is 963. The molecule has 0 aliphatic carbocycles. The Morgan fingerprint density at radius 3 is 2.58 bits per heavy atom. The molecule has 2 heterocycles. The third-order valence-corrected chi connectivity index (χ3v) is 5.73. The molecule has 2 aromatic carbocycles. The van der Waals surface area contributed by atoms with Gasteiger partial charge in [-0.3, -0.25) is 4.79 Å². The van der Waals surface area contributed by atoms with Crippen molar-refractivity contribution in [3.63, 3.8) is 0 Å². The zero-order valence-corrected chi connectivity index (χ0v) is 15.4. The van der Waals surface area contributed by atoms with Crippen LogP contribution in [0.15, 0.2) is 41.6 Å². The van der Waals surface area contributed by atoms with Crippen molar-refractivity contribution in [1.29, 1.82) is 0 Å². The molecule has 7 heteroatoms. The van der Waals surface area contributed by atoms with E-state index in [2.05, 4.69) is 10.2 Å². The van der Waals surface area contributed by atoms with Gasteiger partial charge in [-0.15, -0.1) is 10.2 Å². The first-order valence-corrected chi connectivity index (χ1v) is 9.64. The SMILES string of the molecule is Cn1c(SCC(=O)N2CCCC2)nnc1-c1cc2ccccc2cc1O. The number of nitrogens with zero attached hydrogens (tertiary/aromatic N) is 4. The van der Waals surface area contributed by atoms with Crippen LogP contribution in [0.1, 0.15) is 12.8 Å². The number of amides is 1. The summed E-state index contributed by atoms with van der Waals surface area (Å²) in [6, 6.07) is 11.5. The van der Waals surface area contributed by atoms with Crippen LogP contribution in [-0.4, -0.2) is 49.5 Å². The van der Waals surface area contributed by atoms with Gasteiger partial charge in [0.05, 0.1) is 11.3 Å². The van der Waals surface area contributed by atoms with E-state index in [0.717, 1.165) is 36.7 Å². The summed E-state index contributed by atoms with van der Waals surface area (Å²) in [4.78, 5) is 14.1. The van der Waals surface area contributed by atoms with E-state index in [0.29, 0.717) is 22.3 Å². The molecule has 1 N–H and O–H groups in total. The van der Waals surface area contributed by atoms with Crippen LogP contribution in [0, 0.1) is 0 Å². The van der Waals surface area contributed by atoms with E-state index in [1.54, 1.807) is 6.07 Å². The number of phenolic OH excluding ortho intramolecular Hbond substituents is 1. The maximum Gasteiger partial charge on any atom is 0.233 e. The summed E-state index contributed by atoms with van der Waals surface area (Å²) in [7, 11) is 1.85. The first kappa shape index (κ1) is 16.9. The lowest BCUT2D eigenvalue weighted by molar-refractivity contribution is -0.127. The Hall–Kier alpha value is -2.54. The number of phenols is 1. The van der Waals surface area contributed by atoms with Crippen LogP contribution in [0.25, 0.3) is 22.2 Å². The number of carbonyl (C=O) groups is 1. The molecule has 0 unspecified atom stereocenters. The lowest BCUT2D eigenvalue weighted by Crippen LogP contribution is -2.29. The Morgan fingerprint density at radius 1 is 1.15 bits per heavy atom. The number of rotatable bonds is 4. The average Bonchev–Trinajstić information content (AvgIpc) is 3.30. The van der Waals surface area contributed by atoms with Crippen molar-refractivity contribution >= 4 is 28.4 Å². The van der Waals surface area contributed by atoms with Gasteiger partial charge >= 0.3 is 0 Å². The van der Waals surface area contributed by atoms with Crippen LogP contribution in [0.2, 0.25) is 0 Å². The van der Waals surface area contributed by atoms with Crippen molar-refractivity contribution in [1.82, 2.24) is 19.7 Å². The zero-order valence-electron chi connectivity index (χ0n) is 14.6. The summed E-state index contributed by atoms with van der Waals surface area (Å²) in [6.45, 7) is 1.71. The fourth-order valence-electron chi connectivity index (χ4n) is 3.27. The molecule has 1 aromatic heterocycles. The molecule has 0 atom stereocenters. The third-order valence-electron chi connectivity index (χ3n) is 4.72. The topological polar surface area (TPSA) is 71.2 Å². The largest absolute Gasteiger partial charge is 0.507 e. The van der Waals surface area contributed by atoms with Gasteiger partial charge in [-0.2, -0.15) is 0 Å². The van der Waals surface area contributed by atoms with Crippen LogP contribution >= 0.6 is 11.8 Å². The minimum atomic E-state index is 0.144. The van der Waals surface area contributed by atoms with Gasteiger partial charge in [-0.05, 0) is 35.7 Å². The van der Waals surface area contributed by atoms with Crippen molar-refractivity contribution < 1.29 is 9.90 Å². The molecule has 0 spiro atoms. The Kier molecular flexibility index (Phi) is 4.55. The van der Waals surface area contributed by atoms with E-state index < -0.39 is 0 Å². The zero-order chi connectivity index (χ0) is 18.1. The molecule has 6 nitrogen and oxygen atoms in total. The first-order valence-electron chi connectivity index (χ1n) is 8.65. The molecule has 3 aromatic rings.